The van der Waals surface area contributed by atoms with Crippen LogP contribution in [0.15, 0.2) is 0 Å². The number of carboxylic acids is 1. The summed E-state index contributed by atoms with van der Waals surface area (Å²) in [5.41, 5.74) is 0. The fraction of sp³-hybridized carbons (Fsp3) is 0.846. The van der Waals surface area contributed by atoms with Gasteiger partial charge in [0, 0.05) is 13.2 Å². The van der Waals surface area contributed by atoms with Crippen LogP contribution in [0.3, 0.4) is 0 Å². The van der Waals surface area contributed by atoms with Crippen molar-refractivity contribution in [1.29, 1.82) is 0 Å². The minimum absolute atomic E-state index is 0.382. The van der Waals surface area contributed by atoms with E-state index in [0.717, 1.165) is 19.3 Å². The predicted molar refractivity (Wildman–Crippen MR) is 67.3 cm³/mol. The van der Waals surface area contributed by atoms with E-state index in [2.05, 4.69) is 5.32 Å². The lowest BCUT2D eigenvalue weighted by Crippen LogP contribution is -2.34. The first-order valence-corrected chi connectivity index (χ1v) is 6.73. The second-order valence-electron chi connectivity index (χ2n) is 4.84. The predicted octanol–water partition coefficient (Wildman–Crippen LogP) is 1.56. The third-order valence-electron chi connectivity index (χ3n) is 3.29. The number of carbonyl (C=O) groups excluding carboxylic acids is 1. The number of carbonyl (C=O) groups is 2. The summed E-state index contributed by atoms with van der Waals surface area (Å²) < 4.78 is 5.71. The smallest absolute Gasteiger partial charge is 0.315 e. The average molecular weight is 257 g/mol. The van der Waals surface area contributed by atoms with Crippen LogP contribution in [0.1, 0.15) is 45.4 Å². The van der Waals surface area contributed by atoms with Gasteiger partial charge in [-0.05, 0) is 26.2 Å². The van der Waals surface area contributed by atoms with E-state index in [4.69, 9.17) is 9.84 Å². The highest BCUT2D eigenvalue weighted by molar-refractivity contribution is 5.96. The van der Waals surface area contributed by atoms with E-state index in [-0.39, 0.29) is 0 Å². The highest BCUT2D eigenvalue weighted by atomic mass is 16.5. The Hall–Kier alpha value is -1.10. The molecule has 2 N–H and O–H groups in total. The molecule has 0 aliphatic heterocycles. The normalized spacial score (nSPS) is 18.3. The van der Waals surface area contributed by atoms with Gasteiger partial charge in [-0.1, -0.05) is 19.3 Å². The number of aliphatic carboxylic acids is 1. The molecule has 1 amide bonds. The van der Waals surface area contributed by atoms with Gasteiger partial charge in [0.05, 0.1) is 6.10 Å². The fourth-order valence-electron chi connectivity index (χ4n) is 2.03. The van der Waals surface area contributed by atoms with Crippen LogP contribution < -0.4 is 5.32 Å². The molecule has 18 heavy (non-hydrogen) atoms. The standard InChI is InChI=1S/C13H23NO4/c1-10(13(16)17)12(15)14-8-5-9-18-11-6-3-2-4-7-11/h10-11H,2-9H2,1H3,(H,14,15)(H,16,17). The van der Waals surface area contributed by atoms with Crippen molar-refractivity contribution in [3.8, 4) is 0 Å². The number of hydrogen-bond donors (Lipinski definition) is 2. The fourth-order valence-corrected chi connectivity index (χ4v) is 2.03. The number of hydrogen-bond acceptors (Lipinski definition) is 3. The summed E-state index contributed by atoms with van der Waals surface area (Å²) in [7, 11) is 0. The highest BCUT2D eigenvalue weighted by Crippen LogP contribution is 2.20. The van der Waals surface area contributed by atoms with Crippen LogP contribution in [0, 0.1) is 5.92 Å². The molecule has 5 nitrogen and oxygen atoms in total. The van der Waals surface area contributed by atoms with E-state index in [9.17, 15) is 9.59 Å². The summed E-state index contributed by atoms with van der Waals surface area (Å²) >= 11 is 0. The summed E-state index contributed by atoms with van der Waals surface area (Å²) in [5, 5.41) is 11.2. The molecular weight excluding hydrogens is 234 g/mol. The van der Waals surface area contributed by atoms with E-state index < -0.39 is 17.8 Å². The van der Waals surface area contributed by atoms with Gasteiger partial charge < -0.3 is 15.2 Å². The summed E-state index contributed by atoms with van der Waals surface area (Å²) in [6.45, 7) is 2.49. The lowest BCUT2D eigenvalue weighted by atomic mass is 9.98. The van der Waals surface area contributed by atoms with Gasteiger partial charge in [0.15, 0.2) is 0 Å². The van der Waals surface area contributed by atoms with Gasteiger partial charge in [0.2, 0.25) is 5.91 Å². The van der Waals surface area contributed by atoms with Gasteiger partial charge in [-0.15, -0.1) is 0 Å². The monoisotopic (exact) mass is 257 g/mol. The molecular formula is C13H23NO4. The van der Waals surface area contributed by atoms with Crippen molar-refractivity contribution < 1.29 is 19.4 Å². The molecule has 1 saturated carbocycles. The Bertz CT molecular complexity index is 274. The maximum Gasteiger partial charge on any atom is 0.315 e. The first-order valence-electron chi connectivity index (χ1n) is 6.73. The Balaban J connectivity index is 2.01. The van der Waals surface area contributed by atoms with Crippen molar-refractivity contribution in [2.75, 3.05) is 13.2 Å². The van der Waals surface area contributed by atoms with Gasteiger partial charge in [-0.25, -0.2) is 0 Å². The molecule has 1 aliphatic carbocycles. The van der Waals surface area contributed by atoms with Crippen molar-refractivity contribution in [1.82, 2.24) is 5.32 Å². The van der Waals surface area contributed by atoms with Crippen molar-refractivity contribution in [3.05, 3.63) is 0 Å². The number of carboxylic acid groups (broad SMARTS) is 1. The highest BCUT2D eigenvalue weighted by Gasteiger charge is 2.19. The number of rotatable bonds is 7. The van der Waals surface area contributed by atoms with E-state index >= 15 is 0 Å². The molecule has 0 aromatic heterocycles. The Labute approximate surface area is 108 Å². The molecule has 0 radical (unpaired) electrons. The van der Waals surface area contributed by atoms with Crippen molar-refractivity contribution in [2.45, 2.75) is 51.6 Å². The lowest BCUT2D eigenvalue weighted by Gasteiger charge is -2.21. The van der Waals surface area contributed by atoms with E-state index in [1.54, 1.807) is 0 Å². The maximum absolute atomic E-state index is 11.3. The number of amides is 1. The molecule has 5 heteroatoms. The molecule has 0 saturated heterocycles. The molecule has 1 fully saturated rings. The Kier molecular flexibility index (Phi) is 6.72. The van der Waals surface area contributed by atoms with Crippen molar-refractivity contribution in [2.24, 2.45) is 5.92 Å². The first kappa shape index (κ1) is 15.0. The largest absolute Gasteiger partial charge is 0.481 e. The van der Waals surface area contributed by atoms with Gasteiger partial charge >= 0.3 is 5.97 Å². The Morgan fingerprint density at radius 3 is 2.61 bits per heavy atom. The van der Waals surface area contributed by atoms with Gasteiger partial charge in [0.1, 0.15) is 5.92 Å². The maximum atomic E-state index is 11.3. The van der Waals surface area contributed by atoms with Crippen molar-refractivity contribution >= 4 is 11.9 Å². The Morgan fingerprint density at radius 1 is 1.33 bits per heavy atom. The van der Waals surface area contributed by atoms with Gasteiger partial charge in [-0.3, -0.25) is 9.59 Å². The van der Waals surface area contributed by atoms with Crippen LogP contribution in [0.4, 0.5) is 0 Å². The van der Waals surface area contributed by atoms with E-state index in [1.165, 1.54) is 26.2 Å². The van der Waals surface area contributed by atoms with Crippen LogP contribution in [0.5, 0.6) is 0 Å². The van der Waals surface area contributed by atoms with Crippen LogP contribution in [-0.4, -0.2) is 36.2 Å². The second-order valence-corrected chi connectivity index (χ2v) is 4.84. The minimum atomic E-state index is -1.09. The van der Waals surface area contributed by atoms with E-state index in [1.807, 2.05) is 0 Å². The van der Waals surface area contributed by atoms with Gasteiger partial charge in [-0.2, -0.15) is 0 Å². The zero-order valence-corrected chi connectivity index (χ0v) is 11.0. The number of ether oxygens (including phenoxy) is 1. The van der Waals surface area contributed by atoms with Gasteiger partial charge in [0.25, 0.3) is 0 Å². The first-order chi connectivity index (χ1) is 8.61. The second kappa shape index (κ2) is 8.08. The Morgan fingerprint density at radius 2 is 2.00 bits per heavy atom. The SMILES string of the molecule is CC(C(=O)O)C(=O)NCCCOC1CCCCC1. The molecule has 1 atom stereocenters. The number of nitrogens with one attached hydrogen (secondary N) is 1. The molecule has 0 aromatic rings. The molecule has 1 rings (SSSR count). The summed E-state index contributed by atoms with van der Waals surface area (Å²) in [6, 6.07) is 0. The zero-order valence-electron chi connectivity index (χ0n) is 11.0. The molecule has 0 aromatic carbocycles. The summed E-state index contributed by atoms with van der Waals surface area (Å²) in [5.74, 6) is -2.50. The molecule has 104 valence electrons. The molecule has 0 spiro atoms. The van der Waals surface area contributed by atoms with Crippen LogP contribution in [-0.2, 0) is 14.3 Å². The average Bonchev–Trinajstić information content (AvgIpc) is 2.38. The minimum Gasteiger partial charge on any atom is -0.481 e. The topological polar surface area (TPSA) is 75.6 Å². The third-order valence-corrected chi connectivity index (χ3v) is 3.29. The lowest BCUT2D eigenvalue weighted by molar-refractivity contribution is -0.146. The molecule has 1 unspecified atom stereocenters. The quantitative estimate of drug-likeness (QED) is 0.536. The van der Waals surface area contributed by atoms with Crippen molar-refractivity contribution in [3.63, 3.8) is 0 Å². The molecule has 0 bridgehead atoms. The molecule has 1 aliphatic rings. The van der Waals surface area contributed by atoms with E-state index in [0.29, 0.717) is 19.3 Å². The zero-order chi connectivity index (χ0) is 13.4. The summed E-state index contributed by atoms with van der Waals surface area (Å²) in [4.78, 5) is 21.9. The van der Waals surface area contributed by atoms with Crippen LogP contribution >= 0.6 is 0 Å². The summed E-state index contributed by atoms with van der Waals surface area (Å²) in [6.07, 6.45) is 7.20. The van der Waals surface area contributed by atoms with Crippen LogP contribution in [0.25, 0.3) is 0 Å². The van der Waals surface area contributed by atoms with Crippen LogP contribution in [0.2, 0.25) is 0 Å². The third kappa shape index (κ3) is 5.49. The molecule has 0 heterocycles.